The standard InChI is InChI=1S/C31H48O7Si4/c1-25(40(32-4,33-5)28-19-13-10-14-20-28)31(38-39,26(2)41(34-6,35-7)29-21-15-11-16-22-29)27(3)42(36-8,37-9)30-23-17-12-18-24-30/h10-27H,1-9,39H3. The second kappa shape index (κ2) is 14.8. The third-order valence-corrected chi connectivity index (χ3v) is 22.0. The second-order valence-electron chi connectivity index (χ2n) is 10.5. The van der Waals surface area contributed by atoms with Crippen molar-refractivity contribution in [1.82, 2.24) is 0 Å². The Morgan fingerprint density at radius 2 is 0.667 bits per heavy atom. The zero-order valence-electron chi connectivity index (χ0n) is 26.8. The van der Waals surface area contributed by atoms with Crippen LogP contribution in [0.15, 0.2) is 91.0 Å². The molecule has 0 N–H and O–H groups in total. The van der Waals surface area contributed by atoms with Gasteiger partial charge in [0.1, 0.15) is 10.5 Å². The Balaban J connectivity index is 2.46. The van der Waals surface area contributed by atoms with E-state index in [1.54, 1.807) is 42.7 Å². The van der Waals surface area contributed by atoms with Crippen LogP contribution in [-0.2, 0) is 31.0 Å². The van der Waals surface area contributed by atoms with E-state index in [1.807, 2.05) is 54.6 Å². The zero-order chi connectivity index (χ0) is 31.0. The van der Waals surface area contributed by atoms with Crippen molar-refractivity contribution in [3.8, 4) is 0 Å². The van der Waals surface area contributed by atoms with Gasteiger partial charge in [0.2, 0.25) is 0 Å². The summed E-state index contributed by atoms with van der Waals surface area (Å²) in [4.78, 5) is 0. The number of rotatable bonds is 16. The molecule has 0 fully saturated rings. The highest BCUT2D eigenvalue weighted by Gasteiger charge is 2.69. The molecule has 42 heavy (non-hydrogen) atoms. The smallest absolute Gasteiger partial charge is 0.377 e. The van der Waals surface area contributed by atoms with Gasteiger partial charge < -0.3 is 31.0 Å². The van der Waals surface area contributed by atoms with Gasteiger partial charge in [-0.25, -0.2) is 0 Å². The molecule has 0 aliphatic heterocycles. The molecule has 0 spiro atoms. The number of benzene rings is 3. The lowest BCUT2D eigenvalue weighted by molar-refractivity contribution is 0.0208. The molecule has 3 aromatic rings. The van der Waals surface area contributed by atoms with E-state index in [0.717, 1.165) is 15.6 Å². The van der Waals surface area contributed by atoms with Gasteiger partial charge in [-0.05, 0) is 15.6 Å². The summed E-state index contributed by atoms with van der Waals surface area (Å²) >= 11 is 0. The summed E-state index contributed by atoms with van der Waals surface area (Å²) in [6, 6.07) is 30.7. The van der Waals surface area contributed by atoms with Crippen molar-refractivity contribution in [2.75, 3.05) is 42.7 Å². The maximum absolute atomic E-state index is 7.08. The van der Waals surface area contributed by atoms with Crippen LogP contribution in [0.1, 0.15) is 20.8 Å². The fourth-order valence-corrected chi connectivity index (χ4v) is 20.7. The van der Waals surface area contributed by atoms with Crippen molar-refractivity contribution < 1.29 is 31.0 Å². The molecule has 3 rings (SSSR count). The molecular formula is C31H48O7Si4. The maximum atomic E-state index is 7.08. The van der Waals surface area contributed by atoms with Gasteiger partial charge in [0, 0.05) is 59.3 Å². The van der Waals surface area contributed by atoms with Crippen molar-refractivity contribution in [2.24, 2.45) is 0 Å². The van der Waals surface area contributed by atoms with Gasteiger partial charge in [-0.3, -0.25) is 0 Å². The third-order valence-electron chi connectivity index (χ3n) is 9.44. The summed E-state index contributed by atoms with van der Waals surface area (Å²) in [7, 11) is 1.31. The fraction of sp³-hybridized carbons (Fsp3) is 0.419. The lowest BCUT2D eigenvalue weighted by Gasteiger charge is -2.57. The van der Waals surface area contributed by atoms with Crippen LogP contribution < -0.4 is 15.6 Å². The van der Waals surface area contributed by atoms with Gasteiger partial charge >= 0.3 is 25.7 Å². The first-order chi connectivity index (χ1) is 20.2. The lowest BCUT2D eigenvalue weighted by atomic mass is 9.92. The molecule has 3 unspecified atom stereocenters. The van der Waals surface area contributed by atoms with E-state index in [-0.39, 0.29) is 16.6 Å². The summed E-state index contributed by atoms with van der Waals surface area (Å²) in [5.74, 6) is 0. The van der Waals surface area contributed by atoms with E-state index in [4.69, 9.17) is 31.0 Å². The first-order valence-electron chi connectivity index (χ1n) is 14.2. The molecule has 0 saturated heterocycles. The van der Waals surface area contributed by atoms with Crippen LogP contribution in [0.25, 0.3) is 0 Å². The SMILES string of the molecule is CO[Si](OC)(c1ccccc1)C(C)C(O[SiH3])(C(C)[Si](OC)(OC)c1ccccc1)C(C)[Si](OC)(OC)c1ccccc1. The molecule has 0 bridgehead atoms. The van der Waals surface area contributed by atoms with Crippen LogP contribution in [-0.4, -0.2) is 84.4 Å². The van der Waals surface area contributed by atoms with Crippen molar-refractivity contribution in [3.63, 3.8) is 0 Å². The molecule has 0 radical (unpaired) electrons. The average molecular weight is 645 g/mol. The number of hydrogen-bond donors (Lipinski definition) is 0. The van der Waals surface area contributed by atoms with E-state index >= 15 is 0 Å². The van der Waals surface area contributed by atoms with Gasteiger partial charge in [-0.15, -0.1) is 0 Å². The minimum Gasteiger partial charge on any atom is -0.422 e. The van der Waals surface area contributed by atoms with Crippen LogP contribution >= 0.6 is 0 Å². The summed E-state index contributed by atoms with van der Waals surface area (Å²) in [6.45, 7) is 6.59. The second-order valence-corrected chi connectivity index (χ2v) is 21.7. The van der Waals surface area contributed by atoms with Gasteiger partial charge in [0.05, 0.1) is 5.60 Å². The summed E-state index contributed by atoms with van der Waals surface area (Å²) < 4.78 is 46.3. The van der Waals surface area contributed by atoms with Gasteiger partial charge in [-0.2, -0.15) is 0 Å². The van der Waals surface area contributed by atoms with E-state index in [1.165, 1.54) is 0 Å². The summed E-state index contributed by atoms with van der Waals surface area (Å²) in [5.41, 5.74) is -1.69. The van der Waals surface area contributed by atoms with Gasteiger partial charge in [-0.1, -0.05) is 112 Å². The van der Waals surface area contributed by atoms with Crippen molar-refractivity contribution in [3.05, 3.63) is 91.0 Å². The topological polar surface area (TPSA) is 64.6 Å². The highest BCUT2D eigenvalue weighted by atomic mass is 28.4. The van der Waals surface area contributed by atoms with Crippen LogP contribution in [0.5, 0.6) is 0 Å². The molecule has 11 heteroatoms. The Hall–Kier alpha value is -1.75. The fourth-order valence-electron chi connectivity index (χ4n) is 7.33. The van der Waals surface area contributed by atoms with Crippen LogP contribution in [0.4, 0.5) is 0 Å². The quantitative estimate of drug-likeness (QED) is 0.222. The van der Waals surface area contributed by atoms with Gasteiger partial charge in [0.15, 0.2) is 0 Å². The Morgan fingerprint density at radius 1 is 0.452 bits per heavy atom. The predicted octanol–water partition coefficient (Wildman–Crippen LogP) is 3.12. The highest BCUT2D eigenvalue weighted by Crippen LogP contribution is 2.56. The van der Waals surface area contributed by atoms with Crippen molar-refractivity contribution in [1.29, 1.82) is 0 Å². The van der Waals surface area contributed by atoms with Gasteiger partial charge in [0.25, 0.3) is 0 Å². The molecule has 230 valence electrons. The monoisotopic (exact) mass is 644 g/mol. The normalized spacial score (nSPS) is 16.5. The Morgan fingerprint density at radius 3 is 0.833 bits per heavy atom. The largest absolute Gasteiger partial charge is 0.422 e. The molecular weight excluding hydrogens is 597 g/mol. The Kier molecular flexibility index (Phi) is 12.3. The van der Waals surface area contributed by atoms with Crippen LogP contribution in [0, 0.1) is 0 Å². The molecule has 0 aliphatic carbocycles. The van der Waals surface area contributed by atoms with E-state index in [9.17, 15) is 0 Å². The molecule has 3 aromatic carbocycles. The average Bonchev–Trinajstić information content (AvgIpc) is 3.06. The first-order valence-corrected chi connectivity index (χ1v) is 20.7. The van der Waals surface area contributed by atoms with E-state index < -0.39 is 31.3 Å². The molecule has 0 aromatic heterocycles. The minimum absolute atomic E-state index is 0.258. The number of hydrogen-bond acceptors (Lipinski definition) is 7. The van der Waals surface area contributed by atoms with Crippen LogP contribution in [0.2, 0.25) is 16.6 Å². The zero-order valence-corrected chi connectivity index (χ0v) is 31.8. The predicted molar refractivity (Wildman–Crippen MR) is 180 cm³/mol. The van der Waals surface area contributed by atoms with Crippen molar-refractivity contribution in [2.45, 2.75) is 43.0 Å². The lowest BCUT2D eigenvalue weighted by Crippen LogP contribution is -2.73. The third kappa shape index (κ3) is 5.61. The summed E-state index contributed by atoms with van der Waals surface area (Å²) in [6.07, 6.45) is 0. The summed E-state index contributed by atoms with van der Waals surface area (Å²) in [5, 5.41) is 3.07. The highest BCUT2D eigenvalue weighted by molar-refractivity contribution is 6.86. The molecule has 0 heterocycles. The minimum atomic E-state index is -3.20. The van der Waals surface area contributed by atoms with E-state index in [2.05, 4.69) is 57.2 Å². The molecule has 0 amide bonds. The first kappa shape index (κ1) is 34.7. The van der Waals surface area contributed by atoms with Crippen LogP contribution in [0.3, 0.4) is 0 Å². The molecule has 7 nitrogen and oxygen atoms in total. The maximum Gasteiger partial charge on any atom is 0.377 e. The Labute approximate surface area is 258 Å². The van der Waals surface area contributed by atoms with E-state index in [0.29, 0.717) is 10.5 Å². The molecule has 3 atom stereocenters. The molecule has 0 saturated carbocycles. The Bertz CT molecular complexity index is 1060. The van der Waals surface area contributed by atoms with Crippen molar-refractivity contribution >= 4 is 51.7 Å². The molecule has 0 aliphatic rings.